The van der Waals surface area contributed by atoms with Gasteiger partial charge in [-0.05, 0) is 299 Å². The fourth-order valence-corrected chi connectivity index (χ4v) is 21.0. The van der Waals surface area contributed by atoms with Crippen LogP contribution in [0.15, 0.2) is 202 Å². The van der Waals surface area contributed by atoms with Crippen molar-refractivity contribution in [1.29, 1.82) is 10.5 Å². The zero-order valence-corrected chi connectivity index (χ0v) is 79.8. The van der Waals surface area contributed by atoms with Gasteiger partial charge in [-0.3, -0.25) is 26.4 Å². The maximum absolute atomic E-state index is 13.8. The highest BCUT2D eigenvalue weighted by molar-refractivity contribution is 7.85. The number of carbonyl (C=O) groups excluding carboxylic acids is 3. The summed E-state index contributed by atoms with van der Waals surface area (Å²) in [5.74, 6) is 4.48. The number of nitrogens with zero attached hydrogens (tertiary/aromatic N) is 6. The first-order valence-corrected chi connectivity index (χ1v) is 50.0. The zero-order chi connectivity index (χ0) is 90.7. The normalized spacial score (nSPS) is 16.1. The summed E-state index contributed by atoms with van der Waals surface area (Å²) in [4.78, 5) is 50.0. The number of benzene rings is 10. The molecule has 4 fully saturated rings. The summed E-state index contributed by atoms with van der Waals surface area (Å²) < 4.78 is 69.0. The lowest BCUT2D eigenvalue weighted by molar-refractivity contribution is -0.108. The van der Waals surface area contributed by atoms with Crippen molar-refractivity contribution < 1.29 is 50.2 Å². The summed E-state index contributed by atoms with van der Waals surface area (Å²) in [6.45, 7) is 9.96. The minimum absolute atomic E-state index is 0.0209. The number of likely N-dealkylation sites (tertiary alicyclic amines) is 2. The van der Waals surface area contributed by atoms with Crippen LogP contribution in [0.25, 0.3) is 21.5 Å². The SMILES string of the molecule is CN(C[C@@H](CC=O)c1ccc(Cl)c(Cl)c1)C(=O)c1cc(C#N)cc2ccccc12.COc1ccc(C2CCN(C)CC2)c(S(C)=O)c1.COc1ccc(C2CCN(CC[C@H](CN(C)C(=O)c3cc(C#N)cc4ccccc34)c3ccc(Cl)c(Cl)c3)CC2)c(S(C)=O)c1.COc1ccc(C2CCNCC2)c(S(C)=O)c1.COc1ccc(C2CCNCC2)c(S(C)=O)c1. The molecule has 14 rings (SSSR count). The molecule has 0 aromatic heterocycles. The third kappa shape index (κ3) is 27.1. The standard InChI is InChI=1S/C36H37Cl2N3O3S.C23H18Cl2N2O2.C14H21NO2S.2C13H19NO2S/c1-40(36(42)32-19-24(22-39)18-27-6-4-5-7-30(27)32)23-28(26-8-11-33(37)34(38)20-26)14-17-41-15-12-25(13-16-41)31-10-9-29(44-2)21-35(31)45(3)43;1-27(14-18(8-9-28)16-6-7-21(24)22(25)12-16)23(29)20-11-15(13-26)10-17-4-2-3-5-19(17)20;1-15-8-6-11(7-9-15)13-5-4-12(17-2)10-14(13)18(3)16;2*1-16-11-3-4-12(13(9-11)17(2)15)10-5-7-14-8-6-10/h4-11,18-21,25,28H,12-17,23H2,1-3H3;2-7,9-12,18H,8,14H2,1H3;4-5,10-11H,6-9H2,1-3H3;2*3-4,9-10,14H,5-8H2,1-2H3/t28-,45?;18-;;;/m11.../s1. The number of likely N-dealkylation sites (N-methyl/N-ethyl adjacent to an activating group) is 2. The molecule has 4 heterocycles. The maximum atomic E-state index is 13.8. The van der Waals surface area contributed by atoms with E-state index in [0.29, 0.717) is 79.1 Å². The number of nitriles is 2. The Morgan fingerprint density at radius 3 is 1.12 bits per heavy atom. The molecular weight excluding hydrogens is 1750 g/mol. The van der Waals surface area contributed by atoms with Crippen LogP contribution in [0.2, 0.25) is 20.1 Å². The molecule has 6 atom stereocenters. The number of rotatable bonds is 25. The molecule has 2 N–H and O–H groups in total. The van der Waals surface area contributed by atoms with Crippen molar-refractivity contribution in [2.24, 2.45) is 0 Å². The molecule has 0 aliphatic carbocycles. The molecular formula is C99H114Cl4N8O11S4. The van der Waals surface area contributed by atoms with Gasteiger partial charge < -0.3 is 54.0 Å². The average Bonchev–Trinajstić information content (AvgIpc) is 0.794. The van der Waals surface area contributed by atoms with E-state index in [1.165, 1.54) is 16.7 Å². The molecule has 0 radical (unpaired) electrons. The number of piperidine rings is 4. The lowest BCUT2D eigenvalue weighted by atomic mass is 9.88. The number of nitrogens with one attached hydrogen (secondary N) is 2. The van der Waals surface area contributed by atoms with Crippen LogP contribution < -0.4 is 29.6 Å². The van der Waals surface area contributed by atoms with E-state index in [1.54, 1.807) is 101 Å². The quantitative estimate of drug-likeness (QED) is 0.0505. The Kier molecular flexibility index (Phi) is 38.6. The highest BCUT2D eigenvalue weighted by atomic mass is 35.5. The average molecular weight is 1860 g/mol. The third-order valence-electron chi connectivity index (χ3n) is 24.0. The van der Waals surface area contributed by atoms with E-state index in [9.17, 15) is 41.7 Å². The molecule has 19 nitrogen and oxygen atoms in total. The lowest BCUT2D eigenvalue weighted by Gasteiger charge is -2.34. The molecule has 4 aliphatic heterocycles. The molecule has 0 saturated carbocycles. The van der Waals surface area contributed by atoms with Gasteiger partial charge in [0.15, 0.2) is 0 Å². The second kappa shape index (κ2) is 49.0. The highest BCUT2D eigenvalue weighted by Gasteiger charge is 2.30. The van der Waals surface area contributed by atoms with Crippen LogP contribution in [0.1, 0.15) is 165 Å². The van der Waals surface area contributed by atoms with Crippen molar-refractivity contribution in [1.82, 2.24) is 30.2 Å². The predicted molar refractivity (Wildman–Crippen MR) is 514 cm³/mol. The Balaban J connectivity index is 0.000000176. The highest BCUT2D eigenvalue weighted by Crippen LogP contribution is 2.40. The topological polar surface area (TPSA) is 241 Å². The Hall–Kier alpha value is -8.89. The molecule has 4 unspecified atom stereocenters. The summed E-state index contributed by atoms with van der Waals surface area (Å²) >= 11 is 24.8. The number of amides is 2. The van der Waals surface area contributed by atoms with Crippen LogP contribution >= 0.6 is 46.4 Å². The molecule has 27 heteroatoms. The monoisotopic (exact) mass is 1860 g/mol. The third-order valence-corrected chi connectivity index (χ3v) is 29.4. The van der Waals surface area contributed by atoms with E-state index in [1.807, 2.05) is 134 Å². The summed E-state index contributed by atoms with van der Waals surface area (Å²) in [5.41, 5.74) is 8.58. The first-order chi connectivity index (χ1) is 60.7. The van der Waals surface area contributed by atoms with Gasteiger partial charge in [0.2, 0.25) is 0 Å². The number of hydrogen-bond acceptors (Lipinski definition) is 17. The van der Waals surface area contributed by atoms with Crippen molar-refractivity contribution in [3.8, 4) is 35.1 Å². The Labute approximate surface area is 772 Å². The van der Waals surface area contributed by atoms with Crippen molar-refractivity contribution in [3.63, 3.8) is 0 Å². The predicted octanol–water partition coefficient (Wildman–Crippen LogP) is 19.4. The van der Waals surface area contributed by atoms with Crippen LogP contribution in [-0.2, 0) is 48.0 Å². The largest absolute Gasteiger partial charge is 0.497 e. The number of fused-ring (bicyclic) bond motifs is 2. The summed E-state index contributed by atoms with van der Waals surface area (Å²) in [6, 6.07) is 61.0. The fourth-order valence-electron chi connectivity index (χ4n) is 17.0. The number of aldehydes is 1. The molecule has 668 valence electrons. The van der Waals surface area contributed by atoms with Gasteiger partial charge in [-0.15, -0.1) is 0 Å². The number of hydrogen-bond donors (Lipinski definition) is 2. The number of carbonyl (C=O) groups is 3. The first-order valence-electron chi connectivity index (χ1n) is 42.3. The van der Waals surface area contributed by atoms with E-state index in [2.05, 4.69) is 63.9 Å². The molecule has 4 saturated heterocycles. The molecule has 10 aromatic rings. The van der Waals surface area contributed by atoms with Crippen LogP contribution in [0.5, 0.6) is 23.0 Å². The van der Waals surface area contributed by atoms with Gasteiger partial charge in [0.1, 0.15) is 29.3 Å². The van der Waals surface area contributed by atoms with Crippen LogP contribution in [-0.4, -0.2) is 201 Å². The number of ether oxygens (including phenoxy) is 4. The van der Waals surface area contributed by atoms with Crippen LogP contribution in [0, 0.1) is 22.7 Å². The van der Waals surface area contributed by atoms with Crippen molar-refractivity contribution in [2.45, 2.75) is 119 Å². The van der Waals surface area contributed by atoms with E-state index in [0.717, 1.165) is 204 Å². The van der Waals surface area contributed by atoms with Crippen LogP contribution in [0.3, 0.4) is 0 Å². The van der Waals surface area contributed by atoms with Gasteiger partial charge >= 0.3 is 0 Å². The smallest absolute Gasteiger partial charge is 0.254 e. The van der Waals surface area contributed by atoms with Crippen LogP contribution in [0.4, 0.5) is 0 Å². The van der Waals surface area contributed by atoms with Gasteiger partial charge in [0, 0.05) is 101 Å². The molecule has 0 spiro atoms. The molecule has 10 aromatic carbocycles. The van der Waals surface area contributed by atoms with Crippen molar-refractivity contribution >= 4 is 129 Å². The Morgan fingerprint density at radius 2 is 0.786 bits per heavy atom. The molecule has 126 heavy (non-hydrogen) atoms. The van der Waals surface area contributed by atoms with Gasteiger partial charge in [0.25, 0.3) is 11.8 Å². The molecule has 4 aliphatic rings. The lowest BCUT2D eigenvalue weighted by Crippen LogP contribution is -2.36. The molecule has 0 bridgehead atoms. The Bertz CT molecular complexity index is 5530. The van der Waals surface area contributed by atoms with E-state index in [4.69, 9.17) is 65.4 Å². The van der Waals surface area contributed by atoms with Gasteiger partial charge in [0.05, 0.1) is 115 Å². The van der Waals surface area contributed by atoms with Gasteiger partial charge in [-0.1, -0.05) is 131 Å². The molecule has 2 amide bonds. The Morgan fingerprint density at radius 1 is 0.452 bits per heavy atom. The van der Waals surface area contributed by atoms with E-state index in [-0.39, 0.29) is 30.1 Å². The summed E-state index contributed by atoms with van der Waals surface area (Å²) in [5, 5.41) is 30.8. The number of halogens is 4. The second-order valence-electron chi connectivity index (χ2n) is 32.2. The van der Waals surface area contributed by atoms with Crippen molar-refractivity contribution in [3.05, 3.63) is 258 Å². The second-order valence-corrected chi connectivity index (χ2v) is 39.2. The van der Waals surface area contributed by atoms with Crippen molar-refractivity contribution in [2.75, 3.05) is 147 Å². The van der Waals surface area contributed by atoms with Gasteiger partial charge in [-0.2, -0.15) is 10.5 Å². The summed E-state index contributed by atoms with van der Waals surface area (Å²) in [7, 11) is 8.25. The van der Waals surface area contributed by atoms with E-state index < -0.39 is 43.2 Å². The first kappa shape index (κ1) is 99.3. The maximum Gasteiger partial charge on any atom is 0.254 e. The minimum atomic E-state index is -1.09. The minimum Gasteiger partial charge on any atom is -0.497 e. The summed E-state index contributed by atoms with van der Waals surface area (Å²) in [6.07, 6.45) is 17.6. The number of methoxy groups -OCH3 is 4. The fraction of sp³-hybridized carbons (Fsp3) is 0.384. The van der Waals surface area contributed by atoms with E-state index >= 15 is 0 Å². The van der Waals surface area contributed by atoms with Gasteiger partial charge in [-0.25, -0.2) is 0 Å². The zero-order valence-electron chi connectivity index (χ0n) is 73.5.